The third kappa shape index (κ3) is 25.0. The number of alkyl halides is 3. The molecule has 0 bridgehead atoms. The van der Waals surface area contributed by atoms with E-state index in [1.165, 1.54) is 23.2 Å². The number of imide groups is 2. The molecule has 2 aromatic heterocycles. The first-order valence-electron chi connectivity index (χ1n) is 45.3. The van der Waals surface area contributed by atoms with Crippen molar-refractivity contribution in [3.05, 3.63) is 212 Å². The number of aromatic nitrogens is 4. The monoisotopic (exact) mass is 1860 g/mol. The number of fused-ring (bicyclic) bond motifs is 4. The van der Waals surface area contributed by atoms with Crippen molar-refractivity contribution in [1.29, 1.82) is 0 Å². The molecule has 135 heavy (non-hydrogen) atoms. The Hall–Kier alpha value is -14.3. The van der Waals surface area contributed by atoms with E-state index < -0.39 is 126 Å². The number of hydrogen-bond acceptors (Lipinski definition) is 18. The summed E-state index contributed by atoms with van der Waals surface area (Å²) >= 11 is 0. The van der Waals surface area contributed by atoms with Gasteiger partial charge in [-0.05, 0) is 143 Å². The Morgan fingerprint density at radius 2 is 0.844 bits per heavy atom. The van der Waals surface area contributed by atoms with Gasteiger partial charge < -0.3 is 63.2 Å². The lowest BCUT2D eigenvalue weighted by molar-refractivity contribution is -0.197. The quantitative estimate of drug-likeness (QED) is 0.0192. The van der Waals surface area contributed by atoms with E-state index in [0.29, 0.717) is 117 Å². The van der Waals surface area contributed by atoms with Crippen LogP contribution in [0.1, 0.15) is 200 Å². The summed E-state index contributed by atoms with van der Waals surface area (Å²) in [6.45, 7) is 3.36. The normalized spacial score (nSPS) is 20.2. The molecule has 712 valence electrons. The Labute approximate surface area is 776 Å². The number of benzene rings is 6. The van der Waals surface area contributed by atoms with Gasteiger partial charge in [0.2, 0.25) is 82.7 Å². The van der Waals surface area contributed by atoms with E-state index in [9.17, 15) is 89.9 Å². The van der Waals surface area contributed by atoms with Crippen LogP contribution in [0.4, 0.5) is 13.2 Å². The molecule has 6 aromatic carbocycles. The van der Waals surface area contributed by atoms with Gasteiger partial charge in [0.25, 0.3) is 0 Å². The Morgan fingerprint density at radius 3 is 1.20 bits per heavy atom. The van der Waals surface area contributed by atoms with Gasteiger partial charge in [-0.25, -0.2) is 9.59 Å². The van der Waals surface area contributed by atoms with Crippen LogP contribution in [-0.4, -0.2) is 206 Å². The Morgan fingerprint density at radius 1 is 0.481 bits per heavy atom. The molecule has 6 aliphatic rings. The molecule has 13 N–H and O–H groups in total. The number of hydrogen-bond donors (Lipinski definition) is 10. The SMILES string of the molecule is CC(O)C(F)(F)F.C[C@H]1CN(C(=O)CCCC#Cc2ccc3c(c2)n(C)c(=O)n3C2CCC(=O)NC2=O)CC[C@H]2CC[C@@H](C(=O)N[C@@H](CCC(N)=O)C(=O)NC(c3ccccc3)c3ccccc3)N2C1=O.Cn1c(=O)n(C2CCC(=O)NC2=O)c2ccc(C#CCCCC(=O)N3CC[C@H]4CC[C@@H](C(=O)N[C@@H](CCC(N)=O)C(=O)NC(c5ccccc5)c5ccccc5)N4C(=O)[C@@H](N)C3)cc21. The number of rotatable bonds is 26. The van der Waals surface area contributed by atoms with Gasteiger partial charge in [-0.1, -0.05) is 152 Å². The summed E-state index contributed by atoms with van der Waals surface area (Å²) in [6, 6.07) is 39.9. The number of halogens is 3. The van der Waals surface area contributed by atoms with E-state index in [1.54, 1.807) is 72.1 Å². The number of primary amides is 2. The van der Waals surface area contributed by atoms with Crippen LogP contribution < -0.4 is 60.5 Å². The number of unbranched alkanes of at least 4 members (excludes halogenated alkanes) is 2. The van der Waals surface area contributed by atoms with Crippen LogP contribution in [0.15, 0.2) is 167 Å². The molecule has 6 fully saturated rings. The van der Waals surface area contributed by atoms with E-state index in [4.69, 9.17) is 22.3 Å². The van der Waals surface area contributed by atoms with E-state index in [1.807, 2.05) is 121 Å². The molecule has 0 saturated carbocycles. The Balaban J connectivity index is 0.000000227. The number of piperidine rings is 2. The van der Waals surface area contributed by atoms with Crippen molar-refractivity contribution >= 4 is 105 Å². The lowest BCUT2D eigenvalue weighted by atomic mass is 9.98. The summed E-state index contributed by atoms with van der Waals surface area (Å²) < 4.78 is 38.5. The number of nitrogens with two attached hydrogens (primary N) is 3. The standard InChI is InChI=1S/C48H54N8O8.C47H53N9O8.C3H5F3O/c1-30-29-54(42(59)17-11-3-6-12-31-18-21-36-39(28-31)53(2)48(64)56(36)38-23-25-41(58)51-46(38)62)27-26-34-19-22-37(55(34)47(30)63)45(61)50-35(20-24-40(49)57)44(60)52-43(32-13-7-4-8-14-32)33-15-9-5-10-16-33;1-53-38-27-29(17-20-35(38)56(47(53)64)37-22-24-40(58)51-45(37)62)11-5-2-10-16-41(59)54-26-25-32-18-21-36(55(32)46(63)33(48)28-54)44(61)50-34(19-23-39(49)57)43(60)52-42(30-12-6-3-7-13-30)31-14-8-4-9-15-31;1-2(7)3(4,5)6/h4-5,7-10,13-16,18,21,28,30,34-35,37-38,43H,3,11,17,19-20,22-27,29H2,1-2H3,(H2,49,57)(H,50,61)(H,52,60)(H,51,58,62);3-4,6-9,12-15,17,20,27,32-34,36-37,42H,2,10,16,18-19,21-26,28,48H2,1H3,(H2,49,57)(H,50,61)(H,52,60)(H,51,58,62);2,7H,1H3/t30-,34+,35-,37-,38?;32-,33+,34+,36+,37?;/m01./s1. The third-order valence-electron chi connectivity index (χ3n) is 25.2. The number of amides is 14. The number of carbonyl (C=O) groups is 14. The lowest BCUT2D eigenvalue weighted by Crippen LogP contribution is -2.60. The number of aryl methyl sites for hydroxylation is 2. The van der Waals surface area contributed by atoms with Gasteiger partial charge in [-0.3, -0.25) is 96.0 Å². The molecule has 0 aliphatic carbocycles. The van der Waals surface area contributed by atoms with Crippen molar-refractivity contribution in [2.75, 3.05) is 26.2 Å². The van der Waals surface area contributed by atoms with Crippen molar-refractivity contribution in [3.8, 4) is 23.7 Å². The van der Waals surface area contributed by atoms with Gasteiger partial charge in [-0.15, -0.1) is 0 Å². The summed E-state index contributed by atoms with van der Waals surface area (Å²) in [5, 5.41) is 24.2. The second kappa shape index (κ2) is 45.4. The minimum Gasteiger partial charge on any atom is -0.384 e. The Kier molecular flexibility index (Phi) is 33.5. The van der Waals surface area contributed by atoms with Crippen molar-refractivity contribution in [1.82, 2.24) is 69.8 Å². The fourth-order valence-corrected chi connectivity index (χ4v) is 18.0. The molecule has 14 rings (SSSR count). The van der Waals surface area contributed by atoms with Crippen LogP contribution in [-0.2, 0) is 81.2 Å². The fourth-order valence-electron chi connectivity index (χ4n) is 18.0. The van der Waals surface area contributed by atoms with Gasteiger partial charge >= 0.3 is 17.6 Å². The average molecular weight is 1860 g/mol. The molecule has 14 amide bonds. The van der Waals surface area contributed by atoms with E-state index in [0.717, 1.165) is 22.3 Å². The third-order valence-corrected chi connectivity index (χ3v) is 25.2. The highest BCUT2D eigenvalue weighted by Crippen LogP contribution is 2.35. The minimum atomic E-state index is -4.44. The zero-order valence-electron chi connectivity index (χ0n) is 75.4. The van der Waals surface area contributed by atoms with Gasteiger partial charge in [0.1, 0.15) is 48.4 Å². The molecule has 6 aliphatic heterocycles. The number of nitrogens with zero attached hydrogens (tertiary/aromatic N) is 8. The largest absolute Gasteiger partial charge is 0.414 e. The molecule has 0 radical (unpaired) electrons. The smallest absolute Gasteiger partial charge is 0.384 e. The molecule has 8 heterocycles. The van der Waals surface area contributed by atoms with Crippen molar-refractivity contribution in [2.24, 2.45) is 37.2 Å². The van der Waals surface area contributed by atoms with Gasteiger partial charge in [0.05, 0.1) is 40.1 Å². The topological polar surface area (TPSA) is 476 Å². The molecule has 3 unspecified atom stereocenters. The second-order valence-corrected chi connectivity index (χ2v) is 34.7. The predicted octanol–water partition coefficient (Wildman–Crippen LogP) is 5.07. The molecular weight excluding hydrogens is 1740 g/mol. The molecule has 11 atom stereocenters. The van der Waals surface area contributed by atoms with E-state index >= 15 is 0 Å². The van der Waals surface area contributed by atoms with Crippen molar-refractivity contribution in [2.45, 2.75) is 221 Å². The zero-order valence-corrected chi connectivity index (χ0v) is 75.4. The summed E-state index contributed by atoms with van der Waals surface area (Å²) in [6.07, 6.45) is -1.30. The summed E-state index contributed by atoms with van der Waals surface area (Å²) in [7, 11) is 3.24. The number of carbonyl (C=O) groups excluding carboxylic acids is 14. The predicted molar refractivity (Wildman–Crippen MR) is 490 cm³/mol. The highest BCUT2D eigenvalue weighted by atomic mass is 19.4. The molecule has 34 nitrogen and oxygen atoms in total. The number of aliphatic hydroxyl groups is 1. The zero-order chi connectivity index (χ0) is 97.1. The first-order chi connectivity index (χ1) is 64.5. The number of aliphatic hydroxyl groups excluding tert-OH is 1. The fraction of sp³-hybridized carbons (Fsp3) is 0.429. The highest BCUT2D eigenvalue weighted by Gasteiger charge is 2.48. The lowest BCUT2D eigenvalue weighted by Gasteiger charge is -2.38. The molecule has 6 saturated heterocycles. The van der Waals surface area contributed by atoms with Crippen LogP contribution in [0, 0.1) is 29.6 Å². The second-order valence-electron chi connectivity index (χ2n) is 34.7. The van der Waals surface area contributed by atoms with Gasteiger partial charge in [-0.2, -0.15) is 13.2 Å². The van der Waals surface area contributed by atoms with E-state index in [2.05, 4.69) is 55.6 Å². The summed E-state index contributed by atoms with van der Waals surface area (Å²) in [5.74, 6) is 5.93. The molecule has 0 spiro atoms. The maximum Gasteiger partial charge on any atom is 0.414 e. The van der Waals surface area contributed by atoms with Crippen molar-refractivity contribution < 1.29 is 85.4 Å². The number of nitrogens with one attached hydrogen (secondary N) is 6. The van der Waals surface area contributed by atoms with Crippen LogP contribution in [0.3, 0.4) is 0 Å². The highest BCUT2D eigenvalue weighted by molar-refractivity contribution is 6.02. The Bertz CT molecular complexity index is 5590. The van der Waals surface area contributed by atoms with Crippen LogP contribution >= 0.6 is 0 Å². The first-order valence-corrected chi connectivity index (χ1v) is 45.3. The maximum atomic E-state index is 14.0. The molecular formula is C98H112F3N17O17. The van der Waals surface area contributed by atoms with Gasteiger partial charge in [0.15, 0.2) is 0 Å². The summed E-state index contributed by atoms with van der Waals surface area (Å²) in [4.78, 5) is 215. The number of imidazole rings is 2. The first kappa shape index (κ1) is 99.7. The average Bonchev–Trinajstić information content (AvgIpc) is 1.61. The molecule has 37 heteroatoms. The summed E-state index contributed by atoms with van der Waals surface area (Å²) in [5.41, 5.74) is 23.6. The van der Waals surface area contributed by atoms with Gasteiger partial charge in [0, 0.05) is 115 Å². The van der Waals surface area contributed by atoms with Crippen LogP contribution in [0.5, 0.6) is 0 Å². The van der Waals surface area contributed by atoms with E-state index in [-0.39, 0.29) is 130 Å². The van der Waals surface area contributed by atoms with Crippen LogP contribution in [0.25, 0.3) is 22.1 Å². The minimum absolute atomic E-state index is 0.0206. The van der Waals surface area contributed by atoms with Crippen molar-refractivity contribution in [3.63, 3.8) is 0 Å². The maximum absolute atomic E-state index is 14.0. The molecule has 8 aromatic rings. The van der Waals surface area contributed by atoms with Crippen LogP contribution in [0.2, 0.25) is 0 Å².